The van der Waals surface area contributed by atoms with Crippen molar-refractivity contribution in [3.63, 3.8) is 0 Å². The molecular formula is C19H32N2O. The van der Waals surface area contributed by atoms with Crippen molar-refractivity contribution < 1.29 is 4.74 Å². The molecule has 1 aliphatic carbocycles. The Labute approximate surface area is 135 Å². The standard InChI is InChI=1S/C19H32N2O/c1-18(2,3)9-7-14-8-10-20-17(11-14)22-16-12-15(13-16)21-19(4,5)6/h8,10-11,15-16,21H,7,9,12-13H2,1-6H3. The van der Waals surface area contributed by atoms with Crippen LogP contribution in [0.2, 0.25) is 0 Å². The Morgan fingerprint density at radius 1 is 1.18 bits per heavy atom. The molecule has 3 nitrogen and oxygen atoms in total. The van der Waals surface area contributed by atoms with E-state index >= 15 is 0 Å². The van der Waals surface area contributed by atoms with Crippen LogP contribution in [0.4, 0.5) is 0 Å². The van der Waals surface area contributed by atoms with Crippen molar-refractivity contribution in [2.45, 2.75) is 84.9 Å². The highest BCUT2D eigenvalue weighted by Gasteiger charge is 2.33. The van der Waals surface area contributed by atoms with Gasteiger partial charge >= 0.3 is 0 Å². The smallest absolute Gasteiger partial charge is 0.213 e. The van der Waals surface area contributed by atoms with Crippen LogP contribution in [0, 0.1) is 5.41 Å². The summed E-state index contributed by atoms with van der Waals surface area (Å²) >= 11 is 0. The summed E-state index contributed by atoms with van der Waals surface area (Å²) in [5.74, 6) is 0.783. The lowest BCUT2D eigenvalue weighted by Crippen LogP contribution is -2.53. The van der Waals surface area contributed by atoms with Gasteiger partial charge in [-0.1, -0.05) is 20.8 Å². The molecule has 0 atom stereocenters. The molecule has 0 radical (unpaired) electrons. The van der Waals surface area contributed by atoms with E-state index in [1.165, 1.54) is 12.0 Å². The molecule has 0 unspecified atom stereocenters. The summed E-state index contributed by atoms with van der Waals surface area (Å²) in [6.45, 7) is 13.5. The summed E-state index contributed by atoms with van der Waals surface area (Å²) in [7, 11) is 0. The first-order valence-electron chi connectivity index (χ1n) is 8.50. The SMILES string of the molecule is CC(C)(C)CCc1ccnc(OC2CC(NC(C)(C)C)C2)c1. The molecule has 0 aliphatic heterocycles. The van der Waals surface area contributed by atoms with Crippen LogP contribution in [0.1, 0.15) is 66.4 Å². The Bertz CT molecular complexity index is 479. The van der Waals surface area contributed by atoms with Gasteiger partial charge < -0.3 is 10.1 Å². The zero-order valence-electron chi connectivity index (χ0n) is 15.1. The van der Waals surface area contributed by atoms with Crippen LogP contribution in [0.25, 0.3) is 0 Å². The van der Waals surface area contributed by atoms with E-state index in [1.807, 2.05) is 6.20 Å². The molecule has 0 spiro atoms. The van der Waals surface area contributed by atoms with Crippen LogP contribution in [0.15, 0.2) is 18.3 Å². The van der Waals surface area contributed by atoms with E-state index in [0.29, 0.717) is 17.6 Å². The molecular weight excluding hydrogens is 272 g/mol. The molecule has 124 valence electrons. The summed E-state index contributed by atoms with van der Waals surface area (Å²) in [5.41, 5.74) is 1.87. The van der Waals surface area contributed by atoms with E-state index in [2.05, 4.69) is 64.0 Å². The van der Waals surface area contributed by atoms with Crippen LogP contribution in [-0.4, -0.2) is 22.7 Å². The fraction of sp³-hybridized carbons (Fsp3) is 0.737. The van der Waals surface area contributed by atoms with Crippen molar-refractivity contribution in [3.05, 3.63) is 23.9 Å². The molecule has 1 heterocycles. The van der Waals surface area contributed by atoms with Gasteiger partial charge in [-0.3, -0.25) is 0 Å². The zero-order valence-corrected chi connectivity index (χ0v) is 15.1. The van der Waals surface area contributed by atoms with Gasteiger partial charge in [0.15, 0.2) is 0 Å². The third kappa shape index (κ3) is 5.96. The van der Waals surface area contributed by atoms with Gasteiger partial charge in [0.1, 0.15) is 6.10 Å². The maximum atomic E-state index is 6.02. The average Bonchev–Trinajstić information content (AvgIpc) is 2.32. The number of hydrogen-bond donors (Lipinski definition) is 1. The highest BCUT2D eigenvalue weighted by atomic mass is 16.5. The van der Waals surface area contributed by atoms with E-state index in [4.69, 9.17) is 4.74 Å². The van der Waals surface area contributed by atoms with Crippen molar-refractivity contribution in [1.82, 2.24) is 10.3 Å². The summed E-state index contributed by atoms with van der Waals surface area (Å²) in [6, 6.07) is 4.79. The minimum atomic E-state index is 0.181. The molecule has 0 amide bonds. The van der Waals surface area contributed by atoms with Crippen molar-refractivity contribution in [3.8, 4) is 5.88 Å². The van der Waals surface area contributed by atoms with Crippen molar-refractivity contribution in [2.24, 2.45) is 5.41 Å². The summed E-state index contributed by atoms with van der Waals surface area (Å²) in [5, 5.41) is 3.62. The van der Waals surface area contributed by atoms with Gasteiger partial charge in [0, 0.05) is 23.8 Å². The Morgan fingerprint density at radius 2 is 1.86 bits per heavy atom. The van der Waals surface area contributed by atoms with Crippen molar-refractivity contribution in [1.29, 1.82) is 0 Å². The fourth-order valence-electron chi connectivity index (χ4n) is 2.75. The van der Waals surface area contributed by atoms with Gasteiger partial charge in [0.05, 0.1) is 0 Å². The Morgan fingerprint density at radius 3 is 2.45 bits per heavy atom. The van der Waals surface area contributed by atoms with Gasteiger partial charge in [-0.15, -0.1) is 0 Å². The monoisotopic (exact) mass is 304 g/mol. The molecule has 1 saturated carbocycles. The number of hydrogen-bond acceptors (Lipinski definition) is 3. The largest absolute Gasteiger partial charge is 0.474 e. The number of aromatic nitrogens is 1. The number of pyridine rings is 1. The molecule has 1 aliphatic rings. The fourth-order valence-corrected chi connectivity index (χ4v) is 2.75. The Kier molecular flexibility index (Phi) is 5.16. The number of nitrogens with zero attached hydrogens (tertiary/aromatic N) is 1. The zero-order chi connectivity index (χ0) is 16.4. The molecule has 3 heteroatoms. The molecule has 22 heavy (non-hydrogen) atoms. The number of ether oxygens (including phenoxy) is 1. The predicted octanol–water partition coefficient (Wildman–Crippen LogP) is 4.36. The minimum Gasteiger partial charge on any atom is -0.474 e. The number of aryl methyl sites for hydroxylation is 1. The Balaban J connectivity index is 1.80. The van der Waals surface area contributed by atoms with Crippen molar-refractivity contribution >= 4 is 0 Å². The average molecular weight is 304 g/mol. The molecule has 2 rings (SSSR count). The molecule has 1 fully saturated rings. The van der Waals surface area contributed by atoms with E-state index in [-0.39, 0.29) is 5.54 Å². The lowest BCUT2D eigenvalue weighted by molar-refractivity contribution is 0.0693. The quantitative estimate of drug-likeness (QED) is 0.877. The second-order valence-corrected chi connectivity index (χ2v) is 8.87. The normalized spacial score (nSPS) is 22.3. The van der Waals surface area contributed by atoms with Crippen LogP contribution < -0.4 is 10.1 Å². The van der Waals surface area contributed by atoms with Crippen LogP contribution in [0.3, 0.4) is 0 Å². The third-order valence-electron chi connectivity index (χ3n) is 3.98. The molecule has 1 aromatic heterocycles. The van der Waals surface area contributed by atoms with Gasteiger partial charge in [-0.05, 0) is 63.5 Å². The number of rotatable bonds is 5. The highest BCUT2D eigenvalue weighted by molar-refractivity contribution is 5.21. The maximum absolute atomic E-state index is 6.02. The lowest BCUT2D eigenvalue weighted by atomic mass is 9.87. The molecule has 0 saturated heterocycles. The van der Waals surface area contributed by atoms with Gasteiger partial charge in [0.25, 0.3) is 0 Å². The van der Waals surface area contributed by atoms with E-state index in [1.54, 1.807) is 0 Å². The highest BCUT2D eigenvalue weighted by Crippen LogP contribution is 2.27. The molecule has 1 N–H and O–H groups in total. The third-order valence-corrected chi connectivity index (χ3v) is 3.98. The summed E-state index contributed by atoms with van der Waals surface area (Å²) < 4.78 is 6.02. The van der Waals surface area contributed by atoms with Gasteiger partial charge in [0.2, 0.25) is 5.88 Å². The first-order chi connectivity index (χ1) is 10.1. The molecule has 0 aromatic carbocycles. The second kappa shape index (κ2) is 6.57. The van der Waals surface area contributed by atoms with Crippen molar-refractivity contribution in [2.75, 3.05) is 0 Å². The summed E-state index contributed by atoms with van der Waals surface area (Å²) in [6.07, 6.45) is 6.59. The van der Waals surface area contributed by atoms with Gasteiger partial charge in [-0.2, -0.15) is 0 Å². The molecule has 0 bridgehead atoms. The van der Waals surface area contributed by atoms with Crippen LogP contribution >= 0.6 is 0 Å². The van der Waals surface area contributed by atoms with Crippen LogP contribution in [-0.2, 0) is 6.42 Å². The van der Waals surface area contributed by atoms with Gasteiger partial charge in [-0.25, -0.2) is 4.98 Å². The van der Waals surface area contributed by atoms with E-state index in [9.17, 15) is 0 Å². The molecule has 1 aromatic rings. The van der Waals surface area contributed by atoms with E-state index in [0.717, 1.165) is 25.1 Å². The predicted molar refractivity (Wildman–Crippen MR) is 92.3 cm³/mol. The lowest BCUT2D eigenvalue weighted by Gasteiger charge is -2.39. The number of nitrogens with one attached hydrogen (secondary N) is 1. The van der Waals surface area contributed by atoms with E-state index < -0.39 is 0 Å². The van der Waals surface area contributed by atoms with Crippen LogP contribution in [0.5, 0.6) is 5.88 Å². The topological polar surface area (TPSA) is 34.1 Å². The maximum Gasteiger partial charge on any atom is 0.213 e. The minimum absolute atomic E-state index is 0.181. The summed E-state index contributed by atoms with van der Waals surface area (Å²) in [4.78, 5) is 4.36. The first-order valence-corrected chi connectivity index (χ1v) is 8.50. The Hall–Kier alpha value is -1.09. The second-order valence-electron chi connectivity index (χ2n) is 8.87. The first kappa shape index (κ1) is 17.3.